The highest BCUT2D eigenvalue weighted by Gasteiger charge is 2.16. The molecule has 0 aliphatic carbocycles. The molecule has 0 fully saturated rings. The summed E-state index contributed by atoms with van der Waals surface area (Å²) < 4.78 is 10.8. The zero-order valence-electron chi connectivity index (χ0n) is 12.6. The fourth-order valence-corrected chi connectivity index (χ4v) is 2.75. The Morgan fingerprint density at radius 3 is 2.62 bits per heavy atom. The van der Waals surface area contributed by atoms with Crippen molar-refractivity contribution in [3.63, 3.8) is 0 Å². The predicted molar refractivity (Wildman–Crippen MR) is 83.8 cm³/mol. The van der Waals surface area contributed by atoms with Crippen molar-refractivity contribution >= 4 is 0 Å². The van der Waals surface area contributed by atoms with Crippen LogP contribution in [0.25, 0.3) is 0 Å². The monoisotopic (exact) mass is 283 g/mol. The Labute approximate surface area is 126 Å². The van der Waals surface area contributed by atoms with E-state index in [0.29, 0.717) is 12.7 Å². The van der Waals surface area contributed by atoms with Gasteiger partial charge in [-0.05, 0) is 36.2 Å². The highest BCUT2D eigenvalue weighted by Crippen LogP contribution is 2.34. The van der Waals surface area contributed by atoms with E-state index < -0.39 is 0 Å². The van der Waals surface area contributed by atoms with Gasteiger partial charge in [-0.1, -0.05) is 43.3 Å². The highest BCUT2D eigenvalue weighted by molar-refractivity contribution is 5.45. The van der Waals surface area contributed by atoms with Crippen molar-refractivity contribution in [3.8, 4) is 11.5 Å². The molecule has 0 amide bonds. The maximum absolute atomic E-state index is 5.45. The van der Waals surface area contributed by atoms with E-state index in [-0.39, 0.29) is 0 Å². The first-order valence-corrected chi connectivity index (χ1v) is 7.34. The third-order valence-electron chi connectivity index (χ3n) is 3.85. The zero-order chi connectivity index (χ0) is 14.7. The van der Waals surface area contributed by atoms with E-state index in [2.05, 4.69) is 61.3 Å². The molecule has 0 saturated heterocycles. The number of rotatable bonds is 5. The minimum atomic E-state index is 0.334. The predicted octanol–water partition coefficient (Wildman–Crippen LogP) is 3.65. The Kier molecular flexibility index (Phi) is 4.11. The van der Waals surface area contributed by atoms with Crippen LogP contribution in [0.15, 0.2) is 48.5 Å². The minimum Gasteiger partial charge on any atom is -0.454 e. The summed E-state index contributed by atoms with van der Waals surface area (Å²) in [4.78, 5) is 2.35. The molecular formula is C18H21NO2. The van der Waals surface area contributed by atoms with E-state index >= 15 is 0 Å². The molecule has 110 valence electrons. The second-order valence-electron chi connectivity index (χ2n) is 5.70. The second-order valence-corrected chi connectivity index (χ2v) is 5.70. The Morgan fingerprint density at radius 1 is 1.05 bits per heavy atom. The lowest BCUT2D eigenvalue weighted by Crippen LogP contribution is -2.23. The van der Waals surface area contributed by atoms with Gasteiger partial charge in [0.05, 0.1) is 0 Å². The molecule has 0 radical (unpaired) electrons. The van der Waals surface area contributed by atoms with Crippen molar-refractivity contribution < 1.29 is 9.47 Å². The maximum Gasteiger partial charge on any atom is 0.231 e. The first-order valence-electron chi connectivity index (χ1n) is 7.34. The van der Waals surface area contributed by atoms with Crippen molar-refractivity contribution in [2.24, 2.45) is 0 Å². The molecule has 1 atom stereocenters. The topological polar surface area (TPSA) is 21.7 Å². The molecule has 1 aliphatic rings. The number of hydrogen-bond acceptors (Lipinski definition) is 3. The van der Waals surface area contributed by atoms with Crippen molar-refractivity contribution in [3.05, 3.63) is 59.7 Å². The van der Waals surface area contributed by atoms with Gasteiger partial charge in [0, 0.05) is 13.1 Å². The number of fused-ring (bicyclic) bond motifs is 1. The zero-order valence-corrected chi connectivity index (χ0v) is 12.6. The average molecular weight is 283 g/mol. The van der Waals surface area contributed by atoms with E-state index in [4.69, 9.17) is 9.47 Å². The standard InChI is InChI=1S/C18H21NO2/c1-14(11-19(2)12-15-6-4-3-5-7-15)16-8-9-17-18(10-16)21-13-20-17/h3-10,14H,11-13H2,1-2H3/t14-/m1/s1. The number of ether oxygens (including phenoxy) is 2. The largest absolute Gasteiger partial charge is 0.454 e. The molecule has 0 unspecified atom stereocenters. The van der Waals surface area contributed by atoms with Gasteiger partial charge in [0.1, 0.15) is 0 Å². The van der Waals surface area contributed by atoms with Crippen LogP contribution in [0.1, 0.15) is 24.0 Å². The van der Waals surface area contributed by atoms with Gasteiger partial charge < -0.3 is 14.4 Å². The summed E-state index contributed by atoms with van der Waals surface area (Å²) in [5.74, 6) is 2.17. The lowest BCUT2D eigenvalue weighted by atomic mass is 10.00. The van der Waals surface area contributed by atoms with Gasteiger partial charge in [0.2, 0.25) is 6.79 Å². The molecule has 0 spiro atoms. The molecule has 3 heteroatoms. The van der Waals surface area contributed by atoms with Crippen LogP contribution >= 0.6 is 0 Å². The van der Waals surface area contributed by atoms with Crippen molar-refractivity contribution in [1.29, 1.82) is 0 Å². The lowest BCUT2D eigenvalue weighted by Gasteiger charge is -2.22. The van der Waals surface area contributed by atoms with Gasteiger partial charge in [0.15, 0.2) is 11.5 Å². The van der Waals surface area contributed by atoms with Crippen LogP contribution in [0, 0.1) is 0 Å². The van der Waals surface area contributed by atoms with E-state index in [1.165, 1.54) is 11.1 Å². The average Bonchev–Trinajstić information content (AvgIpc) is 2.95. The number of hydrogen-bond donors (Lipinski definition) is 0. The third-order valence-corrected chi connectivity index (χ3v) is 3.85. The summed E-state index contributed by atoms with van der Waals surface area (Å²) in [5.41, 5.74) is 2.64. The second kappa shape index (κ2) is 6.19. The molecule has 3 nitrogen and oxygen atoms in total. The molecule has 3 rings (SSSR count). The van der Waals surface area contributed by atoms with Crippen LogP contribution in [0.3, 0.4) is 0 Å². The smallest absolute Gasteiger partial charge is 0.231 e. The quantitative estimate of drug-likeness (QED) is 0.836. The summed E-state index contributed by atoms with van der Waals surface area (Å²) in [7, 11) is 2.16. The summed E-state index contributed by atoms with van der Waals surface area (Å²) in [5, 5.41) is 0. The Bertz CT molecular complexity index is 597. The van der Waals surface area contributed by atoms with Crippen LogP contribution in [-0.4, -0.2) is 25.3 Å². The lowest BCUT2D eigenvalue weighted by molar-refractivity contribution is 0.174. The molecule has 1 aliphatic heterocycles. The van der Waals surface area contributed by atoms with Crippen molar-refractivity contribution in [2.45, 2.75) is 19.4 Å². The third kappa shape index (κ3) is 3.37. The van der Waals surface area contributed by atoms with Crippen LogP contribution in [0.4, 0.5) is 0 Å². The number of nitrogens with zero attached hydrogens (tertiary/aromatic N) is 1. The van der Waals surface area contributed by atoms with Crippen molar-refractivity contribution in [2.75, 3.05) is 20.4 Å². The molecule has 2 aromatic rings. The summed E-state index contributed by atoms with van der Waals surface area (Å²) in [6.07, 6.45) is 0. The van der Waals surface area contributed by atoms with Gasteiger partial charge in [-0.3, -0.25) is 0 Å². The van der Waals surface area contributed by atoms with E-state index in [1.54, 1.807) is 0 Å². The highest BCUT2D eigenvalue weighted by atomic mass is 16.7. The normalized spacial score (nSPS) is 14.4. The first kappa shape index (κ1) is 14.0. The van der Waals surface area contributed by atoms with Crippen LogP contribution in [0.5, 0.6) is 11.5 Å². The van der Waals surface area contributed by atoms with Crippen LogP contribution in [-0.2, 0) is 6.54 Å². The fourth-order valence-electron chi connectivity index (χ4n) is 2.75. The van der Waals surface area contributed by atoms with Gasteiger partial charge >= 0.3 is 0 Å². The SMILES string of the molecule is C[C@H](CN(C)Cc1ccccc1)c1ccc2c(c1)OCO2. The Morgan fingerprint density at radius 2 is 1.81 bits per heavy atom. The molecule has 2 aromatic carbocycles. The Balaban J connectivity index is 1.62. The summed E-state index contributed by atoms with van der Waals surface area (Å²) in [6, 6.07) is 16.8. The van der Waals surface area contributed by atoms with Gasteiger partial charge in [-0.25, -0.2) is 0 Å². The molecule has 0 bridgehead atoms. The molecule has 21 heavy (non-hydrogen) atoms. The first-order chi connectivity index (χ1) is 10.2. The number of benzene rings is 2. The van der Waals surface area contributed by atoms with Gasteiger partial charge in [-0.2, -0.15) is 0 Å². The van der Waals surface area contributed by atoms with E-state index in [9.17, 15) is 0 Å². The van der Waals surface area contributed by atoms with Crippen LogP contribution < -0.4 is 9.47 Å². The summed E-state index contributed by atoms with van der Waals surface area (Å²) in [6.45, 7) is 4.56. The minimum absolute atomic E-state index is 0.334. The van der Waals surface area contributed by atoms with E-state index in [0.717, 1.165) is 24.6 Å². The van der Waals surface area contributed by atoms with Gasteiger partial charge in [0.25, 0.3) is 0 Å². The summed E-state index contributed by atoms with van der Waals surface area (Å²) >= 11 is 0. The molecule has 0 aromatic heterocycles. The fraction of sp³-hybridized carbons (Fsp3) is 0.333. The van der Waals surface area contributed by atoms with Crippen molar-refractivity contribution in [1.82, 2.24) is 4.90 Å². The molecule has 1 heterocycles. The number of likely N-dealkylation sites (N-methyl/N-ethyl adjacent to an activating group) is 1. The van der Waals surface area contributed by atoms with Crippen LogP contribution in [0.2, 0.25) is 0 Å². The van der Waals surface area contributed by atoms with Gasteiger partial charge in [-0.15, -0.1) is 0 Å². The molecular weight excluding hydrogens is 262 g/mol. The maximum atomic E-state index is 5.45. The molecule has 0 saturated carbocycles. The van der Waals surface area contributed by atoms with E-state index in [1.807, 2.05) is 6.07 Å². The Hall–Kier alpha value is -2.00. The molecule has 0 N–H and O–H groups in total.